The first kappa shape index (κ1) is 12.9. The first-order chi connectivity index (χ1) is 10.3. The first-order valence-corrected chi connectivity index (χ1v) is 8.12. The number of allylic oxidation sites excluding steroid dienone is 2. The van der Waals surface area contributed by atoms with Crippen molar-refractivity contribution < 1.29 is 0 Å². The number of hydrogen-bond donors (Lipinski definition) is 1. The molecule has 2 aromatic rings. The molecule has 2 N–H and O–H groups in total. The van der Waals surface area contributed by atoms with Crippen molar-refractivity contribution >= 4 is 16.6 Å². The minimum Gasteiger partial charge on any atom is -0.398 e. The van der Waals surface area contributed by atoms with E-state index in [9.17, 15) is 0 Å². The van der Waals surface area contributed by atoms with Crippen molar-refractivity contribution in [3.05, 3.63) is 47.2 Å². The van der Waals surface area contributed by atoms with Crippen LogP contribution >= 0.6 is 0 Å². The van der Waals surface area contributed by atoms with Crippen LogP contribution in [-0.2, 0) is 6.42 Å². The zero-order valence-electron chi connectivity index (χ0n) is 12.6. The van der Waals surface area contributed by atoms with Crippen molar-refractivity contribution in [3.63, 3.8) is 0 Å². The molecule has 0 radical (unpaired) electrons. The predicted octanol–water partition coefficient (Wildman–Crippen LogP) is 4.59. The molecule has 0 unspecified atom stereocenters. The normalized spacial score (nSPS) is 23.8. The summed E-state index contributed by atoms with van der Waals surface area (Å²) in [6, 6.07) is 8.29. The third-order valence-corrected chi connectivity index (χ3v) is 5.05. The molecule has 0 saturated heterocycles. The third-order valence-electron chi connectivity index (χ3n) is 5.05. The monoisotopic (exact) mass is 278 g/mol. The van der Waals surface area contributed by atoms with Gasteiger partial charge in [0.05, 0.1) is 5.52 Å². The lowest BCUT2D eigenvalue weighted by Gasteiger charge is -2.36. The van der Waals surface area contributed by atoms with Crippen LogP contribution in [0.1, 0.15) is 49.8 Å². The van der Waals surface area contributed by atoms with E-state index in [-0.39, 0.29) is 0 Å². The van der Waals surface area contributed by atoms with Crippen LogP contribution in [0.15, 0.2) is 35.9 Å². The Kier molecular flexibility index (Phi) is 2.99. The Morgan fingerprint density at radius 3 is 2.95 bits per heavy atom. The molecule has 0 aliphatic heterocycles. The van der Waals surface area contributed by atoms with E-state index in [1.165, 1.54) is 36.9 Å². The largest absolute Gasteiger partial charge is 0.398 e. The quantitative estimate of drug-likeness (QED) is 0.816. The van der Waals surface area contributed by atoms with Gasteiger partial charge in [-0.15, -0.1) is 0 Å². The molecule has 21 heavy (non-hydrogen) atoms. The SMILES string of the molecule is CCCC1=C[C@@H]2Cc3nc4ccccc4c(N)c3[C@H](C1)C2. The molecule has 1 aromatic heterocycles. The van der Waals surface area contributed by atoms with E-state index < -0.39 is 0 Å². The van der Waals surface area contributed by atoms with Crippen molar-refractivity contribution in [2.75, 3.05) is 5.73 Å². The van der Waals surface area contributed by atoms with Gasteiger partial charge in [0.25, 0.3) is 0 Å². The molecule has 1 aromatic carbocycles. The van der Waals surface area contributed by atoms with E-state index in [1.54, 1.807) is 5.57 Å². The van der Waals surface area contributed by atoms with Gasteiger partial charge in [0.2, 0.25) is 0 Å². The average Bonchev–Trinajstić information content (AvgIpc) is 2.47. The molecular weight excluding hydrogens is 256 g/mol. The Hall–Kier alpha value is -1.83. The minimum absolute atomic E-state index is 0.586. The summed E-state index contributed by atoms with van der Waals surface area (Å²) in [7, 11) is 0. The summed E-state index contributed by atoms with van der Waals surface area (Å²) in [6.07, 6.45) is 8.50. The molecule has 2 aliphatic rings. The molecule has 0 fully saturated rings. The molecule has 2 atom stereocenters. The number of para-hydroxylation sites is 1. The van der Waals surface area contributed by atoms with Gasteiger partial charge in [-0.2, -0.15) is 0 Å². The average molecular weight is 278 g/mol. The summed E-state index contributed by atoms with van der Waals surface area (Å²) in [6.45, 7) is 2.27. The zero-order valence-corrected chi connectivity index (χ0v) is 12.6. The number of nitrogens with two attached hydrogens (primary N) is 1. The van der Waals surface area contributed by atoms with Crippen LogP contribution < -0.4 is 5.73 Å². The highest BCUT2D eigenvalue weighted by atomic mass is 14.7. The number of fused-ring (bicyclic) bond motifs is 5. The van der Waals surface area contributed by atoms with Crippen LogP contribution in [0.2, 0.25) is 0 Å². The van der Waals surface area contributed by atoms with Gasteiger partial charge in [0.1, 0.15) is 0 Å². The van der Waals surface area contributed by atoms with Crippen LogP contribution in [0.4, 0.5) is 5.69 Å². The highest BCUT2D eigenvalue weighted by Gasteiger charge is 2.33. The lowest BCUT2D eigenvalue weighted by atomic mass is 9.70. The smallest absolute Gasteiger partial charge is 0.0726 e. The second-order valence-corrected chi connectivity index (χ2v) is 6.58. The predicted molar refractivity (Wildman–Crippen MR) is 88.3 cm³/mol. The fourth-order valence-corrected chi connectivity index (χ4v) is 4.27. The van der Waals surface area contributed by atoms with E-state index in [0.717, 1.165) is 23.0 Å². The number of rotatable bonds is 2. The standard InChI is InChI=1S/C19H22N2/c1-2-5-12-8-13-10-14(9-12)18-17(11-13)21-16-7-4-3-6-15(16)19(18)20/h3-4,6-8,13-14H,2,5,9-11H2,1H3,(H2,20,21)/t13-,14+/m0/s1. The molecule has 1 heterocycles. The Morgan fingerprint density at radius 1 is 1.24 bits per heavy atom. The lowest BCUT2D eigenvalue weighted by molar-refractivity contribution is 0.427. The van der Waals surface area contributed by atoms with Gasteiger partial charge >= 0.3 is 0 Å². The van der Waals surface area contributed by atoms with Gasteiger partial charge in [0.15, 0.2) is 0 Å². The van der Waals surface area contributed by atoms with Crippen molar-refractivity contribution in [2.45, 2.75) is 44.9 Å². The summed E-state index contributed by atoms with van der Waals surface area (Å²) in [5.74, 6) is 1.26. The maximum Gasteiger partial charge on any atom is 0.0726 e. The maximum absolute atomic E-state index is 6.54. The van der Waals surface area contributed by atoms with Crippen molar-refractivity contribution in [1.29, 1.82) is 0 Å². The molecule has 2 aliphatic carbocycles. The van der Waals surface area contributed by atoms with Crippen LogP contribution in [0.5, 0.6) is 0 Å². The molecule has 2 heteroatoms. The second-order valence-electron chi connectivity index (χ2n) is 6.58. The van der Waals surface area contributed by atoms with Crippen LogP contribution in [-0.4, -0.2) is 4.98 Å². The molecule has 108 valence electrons. The summed E-state index contributed by atoms with van der Waals surface area (Å²) in [5.41, 5.74) is 12.8. The van der Waals surface area contributed by atoms with Crippen LogP contribution in [0.25, 0.3) is 10.9 Å². The van der Waals surface area contributed by atoms with Gasteiger partial charge < -0.3 is 5.73 Å². The zero-order chi connectivity index (χ0) is 14.4. The second kappa shape index (κ2) is 4.87. The number of nitrogens with zero attached hydrogens (tertiary/aromatic N) is 1. The lowest BCUT2D eigenvalue weighted by Crippen LogP contribution is -2.24. The number of nitrogen functional groups attached to an aromatic ring is 1. The fourth-order valence-electron chi connectivity index (χ4n) is 4.27. The topological polar surface area (TPSA) is 38.9 Å². The fraction of sp³-hybridized carbons (Fsp3) is 0.421. The van der Waals surface area contributed by atoms with Gasteiger partial charge in [-0.3, -0.25) is 4.98 Å². The van der Waals surface area contributed by atoms with Crippen LogP contribution in [0, 0.1) is 5.92 Å². The molecular formula is C19H22N2. The number of benzene rings is 1. The van der Waals surface area contributed by atoms with Crippen molar-refractivity contribution in [2.24, 2.45) is 5.92 Å². The highest BCUT2D eigenvalue weighted by molar-refractivity contribution is 5.92. The number of aromatic nitrogens is 1. The van der Waals surface area contributed by atoms with E-state index in [0.29, 0.717) is 11.8 Å². The van der Waals surface area contributed by atoms with E-state index in [1.807, 2.05) is 6.07 Å². The molecule has 2 nitrogen and oxygen atoms in total. The van der Waals surface area contributed by atoms with Crippen LogP contribution in [0.3, 0.4) is 0 Å². The minimum atomic E-state index is 0.586. The molecule has 4 rings (SSSR count). The van der Waals surface area contributed by atoms with E-state index in [2.05, 4.69) is 31.2 Å². The third kappa shape index (κ3) is 2.05. The maximum atomic E-state index is 6.54. The van der Waals surface area contributed by atoms with Gasteiger partial charge in [-0.25, -0.2) is 0 Å². The Labute approximate surface area is 126 Å². The van der Waals surface area contributed by atoms with Crippen molar-refractivity contribution in [1.82, 2.24) is 4.98 Å². The Morgan fingerprint density at radius 2 is 2.10 bits per heavy atom. The summed E-state index contributed by atoms with van der Waals surface area (Å²) in [5, 5.41) is 1.13. The highest BCUT2D eigenvalue weighted by Crippen LogP contribution is 2.47. The number of pyridine rings is 1. The first-order valence-electron chi connectivity index (χ1n) is 8.12. The summed E-state index contributed by atoms with van der Waals surface area (Å²) >= 11 is 0. The van der Waals surface area contributed by atoms with Gasteiger partial charge in [-0.1, -0.05) is 43.2 Å². The molecule has 0 spiro atoms. The summed E-state index contributed by atoms with van der Waals surface area (Å²) in [4.78, 5) is 4.92. The number of hydrogen-bond acceptors (Lipinski definition) is 2. The molecule has 0 amide bonds. The van der Waals surface area contributed by atoms with Crippen molar-refractivity contribution in [3.8, 4) is 0 Å². The van der Waals surface area contributed by atoms with E-state index >= 15 is 0 Å². The molecule has 0 saturated carbocycles. The van der Waals surface area contributed by atoms with Gasteiger partial charge in [0, 0.05) is 22.3 Å². The van der Waals surface area contributed by atoms with Gasteiger partial charge in [-0.05, 0) is 43.6 Å². The van der Waals surface area contributed by atoms with E-state index in [4.69, 9.17) is 10.7 Å². The summed E-state index contributed by atoms with van der Waals surface area (Å²) < 4.78 is 0. The molecule has 2 bridgehead atoms. The Balaban J connectivity index is 1.85. The Bertz CT molecular complexity index is 730. The number of anilines is 1.